The van der Waals surface area contributed by atoms with Crippen LogP contribution in [0.3, 0.4) is 0 Å². The number of nitrogens with zero attached hydrogens (tertiary/aromatic N) is 2. The van der Waals surface area contributed by atoms with Gasteiger partial charge in [0.05, 0.1) is 12.2 Å². The maximum atomic E-state index is 14.4. The van der Waals surface area contributed by atoms with E-state index >= 15 is 0 Å². The van der Waals surface area contributed by atoms with E-state index in [1.54, 1.807) is 30.3 Å². The second-order valence-electron chi connectivity index (χ2n) is 9.64. The number of alkyl halides is 2. The zero-order chi connectivity index (χ0) is 24.6. The number of hydrogen-bond donors (Lipinski definition) is 1. The first-order valence-corrected chi connectivity index (χ1v) is 12.3. The summed E-state index contributed by atoms with van der Waals surface area (Å²) in [6.45, 7) is -0.404. The fourth-order valence-corrected chi connectivity index (χ4v) is 6.47. The van der Waals surface area contributed by atoms with Crippen LogP contribution in [0.1, 0.15) is 44.1 Å². The quantitative estimate of drug-likeness (QED) is 0.333. The Hall–Kier alpha value is -2.84. The molecule has 4 fully saturated rings. The van der Waals surface area contributed by atoms with Gasteiger partial charge < -0.3 is 9.84 Å². The Labute approximate surface area is 196 Å². The maximum Gasteiger partial charge on any atom is 0.478 e. The van der Waals surface area contributed by atoms with Crippen molar-refractivity contribution in [3.05, 3.63) is 42.0 Å². The normalized spacial score (nSPS) is 30.8. The van der Waals surface area contributed by atoms with Gasteiger partial charge in [-0.3, -0.25) is 4.28 Å². The Kier molecular flexibility index (Phi) is 6.25. The number of aliphatic hydroxyl groups is 1. The zero-order valence-corrected chi connectivity index (χ0v) is 19.0. The summed E-state index contributed by atoms with van der Waals surface area (Å²) < 4.78 is 61.6. The van der Waals surface area contributed by atoms with Crippen LogP contribution < -0.4 is 0 Å². The molecule has 0 aliphatic heterocycles. The number of carbonyl (C=O) groups excluding carboxylic acids is 1. The lowest BCUT2D eigenvalue weighted by atomic mass is 9.48. The summed E-state index contributed by atoms with van der Waals surface area (Å²) >= 11 is 0. The number of benzene rings is 1. The van der Waals surface area contributed by atoms with Gasteiger partial charge in [-0.2, -0.15) is 22.5 Å². The third-order valence-electron chi connectivity index (χ3n) is 6.79. The monoisotopic (exact) mass is 494 g/mol. The molecule has 0 aromatic heterocycles. The fourth-order valence-electron chi connectivity index (χ4n) is 5.94. The average molecular weight is 495 g/mol. The standard InChI is InChI=1S/C23H24F2N2O6S/c24-23(25,34(30,31)33-27-19(13-26)7-6-16-4-2-1-3-5-16)20(28)32-15-21-9-17-8-18(10-21)12-22(29,11-17)14-21/h1-7,17-18,29H,8-12,14-15H2. The molecular weight excluding hydrogens is 470 g/mol. The molecule has 11 heteroatoms. The average Bonchev–Trinajstić information content (AvgIpc) is 2.76. The van der Waals surface area contributed by atoms with E-state index in [1.165, 1.54) is 12.1 Å². The topological polar surface area (TPSA) is 126 Å². The number of allylic oxidation sites excluding steroid dienone is 1. The molecule has 2 atom stereocenters. The number of esters is 1. The highest BCUT2D eigenvalue weighted by atomic mass is 32.2. The van der Waals surface area contributed by atoms with Crippen LogP contribution in [0, 0.1) is 28.6 Å². The van der Waals surface area contributed by atoms with Crippen LogP contribution in [-0.2, 0) is 23.9 Å². The van der Waals surface area contributed by atoms with Crippen molar-refractivity contribution in [3.8, 4) is 6.07 Å². The van der Waals surface area contributed by atoms with Crippen molar-refractivity contribution >= 4 is 27.9 Å². The molecule has 4 aliphatic carbocycles. The largest absolute Gasteiger partial charge is 0.478 e. The Morgan fingerprint density at radius 1 is 1.24 bits per heavy atom. The molecule has 0 radical (unpaired) electrons. The molecule has 5 rings (SSSR count). The number of carbonyl (C=O) groups is 1. The third-order valence-corrected chi connectivity index (χ3v) is 7.86. The first-order valence-electron chi connectivity index (χ1n) is 10.9. The first-order chi connectivity index (χ1) is 16.0. The number of halogens is 2. The lowest BCUT2D eigenvalue weighted by Gasteiger charge is -2.59. The van der Waals surface area contributed by atoms with Crippen LogP contribution in [0.15, 0.2) is 41.6 Å². The van der Waals surface area contributed by atoms with Gasteiger partial charge in [0.15, 0.2) is 5.71 Å². The van der Waals surface area contributed by atoms with E-state index in [0.29, 0.717) is 37.7 Å². The Morgan fingerprint density at radius 2 is 1.88 bits per heavy atom. The van der Waals surface area contributed by atoms with Crippen molar-refractivity contribution in [1.82, 2.24) is 0 Å². The van der Waals surface area contributed by atoms with Gasteiger partial charge in [-0.15, -0.1) is 0 Å². The summed E-state index contributed by atoms with van der Waals surface area (Å²) in [4.78, 5) is 12.1. The van der Waals surface area contributed by atoms with Gasteiger partial charge in [0.25, 0.3) is 0 Å². The van der Waals surface area contributed by atoms with Crippen molar-refractivity contribution in [2.45, 2.75) is 49.4 Å². The van der Waals surface area contributed by atoms with Gasteiger partial charge >= 0.3 is 21.3 Å². The molecule has 1 aromatic rings. The molecule has 1 N–H and O–H groups in total. The predicted octanol–water partition coefficient (Wildman–Crippen LogP) is 3.39. The smallest absolute Gasteiger partial charge is 0.460 e. The summed E-state index contributed by atoms with van der Waals surface area (Å²) in [5, 5.41) is 17.7. The summed E-state index contributed by atoms with van der Waals surface area (Å²) in [5.74, 6) is -1.80. The van der Waals surface area contributed by atoms with E-state index in [-0.39, 0.29) is 11.8 Å². The number of nitriles is 1. The minimum atomic E-state index is -5.87. The predicted molar refractivity (Wildman–Crippen MR) is 116 cm³/mol. The fraction of sp³-hybridized carbons (Fsp3) is 0.522. The van der Waals surface area contributed by atoms with Gasteiger partial charge in [-0.1, -0.05) is 41.6 Å². The van der Waals surface area contributed by atoms with Crippen LogP contribution in [0.2, 0.25) is 0 Å². The highest BCUT2D eigenvalue weighted by Gasteiger charge is 2.60. The molecule has 0 amide bonds. The number of rotatable bonds is 8. The molecule has 0 saturated heterocycles. The molecular formula is C23H24F2N2O6S. The summed E-state index contributed by atoms with van der Waals surface area (Å²) in [5.41, 5.74) is -1.47. The molecule has 182 valence electrons. The summed E-state index contributed by atoms with van der Waals surface area (Å²) in [6, 6.07) is 10.1. The number of ether oxygens (including phenoxy) is 1. The molecule has 0 spiro atoms. The van der Waals surface area contributed by atoms with Crippen molar-refractivity contribution in [2.24, 2.45) is 22.4 Å². The van der Waals surface area contributed by atoms with Crippen LogP contribution in [0.4, 0.5) is 8.78 Å². The van der Waals surface area contributed by atoms with E-state index in [0.717, 1.165) is 12.5 Å². The molecule has 34 heavy (non-hydrogen) atoms. The van der Waals surface area contributed by atoms with Gasteiger partial charge in [0.1, 0.15) is 6.07 Å². The Morgan fingerprint density at radius 3 is 2.47 bits per heavy atom. The molecule has 1 aromatic carbocycles. The summed E-state index contributed by atoms with van der Waals surface area (Å²) in [6.07, 6.45) is 6.34. The van der Waals surface area contributed by atoms with Gasteiger partial charge in [0.2, 0.25) is 0 Å². The number of hydrogen-bond acceptors (Lipinski definition) is 8. The second kappa shape index (κ2) is 8.74. The highest BCUT2D eigenvalue weighted by molar-refractivity contribution is 7.88. The van der Waals surface area contributed by atoms with Crippen LogP contribution in [0.5, 0.6) is 0 Å². The van der Waals surface area contributed by atoms with Crippen molar-refractivity contribution in [2.75, 3.05) is 6.61 Å². The molecule has 4 saturated carbocycles. The van der Waals surface area contributed by atoms with Crippen molar-refractivity contribution in [3.63, 3.8) is 0 Å². The van der Waals surface area contributed by atoms with E-state index in [2.05, 4.69) is 9.44 Å². The molecule has 4 bridgehead atoms. The third kappa shape index (κ3) is 4.83. The minimum absolute atomic E-state index is 0.236. The molecule has 8 nitrogen and oxygen atoms in total. The lowest BCUT2D eigenvalue weighted by Crippen LogP contribution is -2.57. The Bertz CT molecular complexity index is 1150. The molecule has 0 heterocycles. The van der Waals surface area contributed by atoms with Crippen molar-refractivity contribution in [1.29, 1.82) is 5.26 Å². The van der Waals surface area contributed by atoms with Crippen LogP contribution in [-0.4, -0.2) is 42.7 Å². The van der Waals surface area contributed by atoms with Gasteiger partial charge in [-0.05, 0) is 62.0 Å². The van der Waals surface area contributed by atoms with E-state index in [9.17, 15) is 27.1 Å². The lowest BCUT2D eigenvalue weighted by molar-refractivity contribution is -0.193. The second-order valence-corrected chi connectivity index (χ2v) is 11.2. The summed E-state index contributed by atoms with van der Waals surface area (Å²) in [7, 11) is -5.87. The highest BCUT2D eigenvalue weighted by Crippen LogP contribution is 2.61. The Balaban J connectivity index is 1.40. The molecule has 4 aliphatic rings. The van der Waals surface area contributed by atoms with Crippen LogP contribution >= 0.6 is 0 Å². The molecule has 2 unspecified atom stereocenters. The van der Waals surface area contributed by atoms with Crippen LogP contribution in [0.25, 0.3) is 6.08 Å². The van der Waals surface area contributed by atoms with E-state index in [1.807, 2.05) is 0 Å². The van der Waals surface area contributed by atoms with Crippen molar-refractivity contribution < 1.29 is 36.1 Å². The van der Waals surface area contributed by atoms with E-state index < -0.39 is 44.7 Å². The maximum absolute atomic E-state index is 14.4. The first kappa shape index (κ1) is 24.3. The number of oxime groups is 1. The van der Waals surface area contributed by atoms with Gasteiger partial charge in [0, 0.05) is 5.41 Å². The van der Waals surface area contributed by atoms with E-state index in [4.69, 9.17) is 10.00 Å². The zero-order valence-electron chi connectivity index (χ0n) is 18.2. The van der Waals surface area contributed by atoms with Gasteiger partial charge in [-0.25, -0.2) is 4.79 Å². The SMILES string of the molecule is N#CC(C=Cc1ccccc1)=NOS(=O)(=O)C(F)(F)C(=O)OCC12CC3CC(CC(O)(C3)C1)C2. The minimum Gasteiger partial charge on any atom is -0.460 e.